The van der Waals surface area contributed by atoms with Crippen molar-refractivity contribution >= 4 is 17.3 Å². The molecule has 1 aromatic heterocycles. The van der Waals surface area contributed by atoms with Crippen LogP contribution in [0.25, 0.3) is 0 Å². The summed E-state index contributed by atoms with van der Waals surface area (Å²) in [5.74, 6) is 2.32. The molecule has 0 bridgehead atoms. The van der Waals surface area contributed by atoms with E-state index in [1.807, 2.05) is 32.9 Å². The number of benzene rings is 1. The van der Waals surface area contributed by atoms with Crippen LogP contribution in [0.2, 0.25) is 0 Å². The van der Waals surface area contributed by atoms with Crippen LogP contribution in [0.1, 0.15) is 48.0 Å². The first-order chi connectivity index (χ1) is 13.5. The second kappa shape index (κ2) is 10.9. The predicted molar refractivity (Wildman–Crippen MR) is 117 cm³/mol. The molecule has 0 saturated heterocycles. The van der Waals surface area contributed by atoms with Gasteiger partial charge in [0.25, 0.3) is 0 Å². The lowest BCUT2D eigenvalue weighted by atomic mass is 10.1. The average molecular weight is 405 g/mol. The molecule has 0 aliphatic rings. The van der Waals surface area contributed by atoms with Gasteiger partial charge in [-0.05, 0) is 52.3 Å². The molecular weight excluding hydrogens is 372 g/mol. The van der Waals surface area contributed by atoms with E-state index in [1.54, 1.807) is 18.4 Å². The van der Waals surface area contributed by atoms with Crippen LogP contribution in [-0.4, -0.2) is 37.7 Å². The van der Waals surface area contributed by atoms with Crippen molar-refractivity contribution in [2.75, 3.05) is 26.8 Å². The smallest absolute Gasteiger partial charge is 0.191 e. The minimum atomic E-state index is 0.0773. The Morgan fingerprint density at radius 3 is 2.50 bits per heavy atom. The summed E-state index contributed by atoms with van der Waals surface area (Å²) in [6.07, 6.45) is 0.934. The lowest BCUT2D eigenvalue weighted by Crippen LogP contribution is -2.39. The fourth-order valence-electron chi connectivity index (χ4n) is 2.92. The summed E-state index contributed by atoms with van der Waals surface area (Å²) >= 11 is 1.76. The quantitative estimate of drug-likeness (QED) is 0.488. The van der Waals surface area contributed by atoms with Crippen LogP contribution < -0.4 is 20.1 Å². The molecule has 2 N–H and O–H groups in total. The van der Waals surface area contributed by atoms with Gasteiger partial charge in [-0.25, -0.2) is 4.98 Å². The zero-order valence-electron chi connectivity index (χ0n) is 17.8. The number of aliphatic imine (C=N–C) groups is 1. The molecule has 7 heteroatoms. The van der Waals surface area contributed by atoms with Crippen LogP contribution in [0.5, 0.6) is 11.5 Å². The number of hydrogen-bond acceptors (Lipinski definition) is 5. The first kappa shape index (κ1) is 22.0. The van der Waals surface area contributed by atoms with Crippen LogP contribution in [0.15, 0.2) is 23.2 Å². The number of rotatable bonds is 9. The van der Waals surface area contributed by atoms with E-state index in [2.05, 4.69) is 40.5 Å². The Bertz CT molecular complexity index is 789. The third kappa shape index (κ3) is 6.12. The molecule has 1 aromatic carbocycles. The third-order valence-electron chi connectivity index (χ3n) is 4.29. The molecule has 0 saturated carbocycles. The van der Waals surface area contributed by atoms with Gasteiger partial charge < -0.3 is 20.1 Å². The maximum Gasteiger partial charge on any atom is 0.191 e. The highest BCUT2D eigenvalue weighted by Crippen LogP contribution is 2.30. The van der Waals surface area contributed by atoms with Crippen molar-refractivity contribution in [1.82, 2.24) is 15.6 Å². The van der Waals surface area contributed by atoms with E-state index in [0.29, 0.717) is 13.2 Å². The summed E-state index contributed by atoms with van der Waals surface area (Å²) < 4.78 is 11.4. The predicted octanol–water partition coefficient (Wildman–Crippen LogP) is 4.03. The average Bonchev–Trinajstić information content (AvgIpc) is 2.99. The third-order valence-corrected chi connectivity index (χ3v) is 5.42. The zero-order chi connectivity index (χ0) is 20.5. The first-order valence-corrected chi connectivity index (χ1v) is 10.6. The van der Waals surface area contributed by atoms with Crippen molar-refractivity contribution < 1.29 is 9.47 Å². The summed E-state index contributed by atoms with van der Waals surface area (Å²) in [5, 5.41) is 7.94. The summed E-state index contributed by atoms with van der Waals surface area (Å²) in [5.41, 5.74) is 2.24. The molecule has 6 nitrogen and oxygen atoms in total. The van der Waals surface area contributed by atoms with Crippen molar-refractivity contribution in [2.45, 2.75) is 47.1 Å². The Morgan fingerprint density at radius 1 is 1.18 bits per heavy atom. The van der Waals surface area contributed by atoms with E-state index in [-0.39, 0.29) is 6.04 Å². The van der Waals surface area contributed by atoms with Crippen LogP contribution in [0, 0.1) is 13.8 Å². The van der Waals surface area contributed by atoms with Gasteiger partial charge in [-0.2, -0.15) is 0 Å². The fourth-order valence-corrected chi connectivity index (χ4v) is 3.86. The number of hydrogen-bond donors (Lipinski definition) is 2. The molecule has 0 aliphatic heterocycles. The second-order valence-corrected chi connectivity index (χ2v) is 7.72. The molecule has 0 aliphatic carbocycles. The van der Waals surface area contributed by atoms with E-state index in [9.17, 15) is 0 Å². The van der Waals surface area contributed by atoms with E-state index >= 15 is 0 Å². The minimum absolute atomic E-state index is 0.0773. The molecule has 0 fully saturated rings. The van der Waals surface area contributed by atoms with Gasteiger partial charge in [0.1, 0.15) is 0 Å². The van der Waals surface area contributed by atoms with Crippen molar-refractivity contribution in [3.05, 3.63) is 39.3 Å². The van der Waals surface area contributed by atoms with Gasteiger partial charge in [-0.15, -0.1) is 11.3 Å². The molecule has 0 amide bonds. The molecule has 1 atom stereocenters. The molecule has 28 heavy (non-hydrogen) atoms. The lowest BCUT2D eigenvalue weighted by molar-refractivity contribution is 0.287. The Morgan fingerprint density at radius 2 is 1.89 bits per heavy atom. The van der Waals surface area contributed by atoms with Crippen molar-refractivity contribution in [2.24, 2.45) is 4.99 Å². The van der Waals surface area contributed by atoms with E-state index in [4.69, 9.17) is 9.47 Å². The largest absolute Gasteiger partial charge is 0.490 e. The maximum atomic E-state index is 5.74. The normalized spacial score (nSPS) is 12.6. The second-order valence-electron chi connectivity index (χ2n) is 6.43. The van der Waals surface area contributed by atoms with Crippen LogP contribution >= 0.6 is 11.3 Å². The maximum absolute atomic E-state index is 5.74. The van der Waals surface area contributed by atoms with Crippen molar-refractivity contribution in [3.8, 4) is 11.5 Å². The Balaban J connectivity index is 1.96. The summed E-state index contributed by atoms with van der Waals surface area (Å²) in [4.78, 5) is 10.1. The van der Waals surface area contributed by atoms with Crippen molar-refractivity contribution in [3.63, 3.8) is 0 Å². The molecule has 2 rings (SSSR count). The summed E-state index contributed by atoms with van der Waals surface area (Å²) in [6.45, 7) is 12.2. The molecule has 2 aromatic rings. The monoisotopic (exact) mass is 404 g/mol. The highest BCUT2D eigenvalue weighted by Gasteiger charge is 2.13. The lowest BCUT2D eigenvalue weighted by Gasteiger charge is -2.20. The van der Waals surface area contributed by atoms with Gasteiger partial charge in [0, 0.05) is 24.9 Å². The van der Waals surface area contributed by atoms with Crippen LogP contribution in [0.4, 0.5) is 0 Å². The van der Waals surface area contributed by atoms with Gasteiger partial charge in [0.15, 0.2) is 17.5 Å². The molecular formula is C21H32N4O2S. The number of guanidine groups is 1. The Labute approximate surface area is 172 Å². The van der Waals surface area contributed by atoms with Gasteiger partial charge in [0.05, 0.1) is 30.0 Å². The molecule has 0 spiro atoms. The number of nitrogens with zero attached hydrogens (tertiary/aromatic N) is 2. The number of aryl methyl sites for hydroxylation is 2. The standard InChI is InChI=1S/C21H32N4O2S/c1-7-26-18-10-9-17(13-19(18)27-8-2)14(3)25-21(22-6)23-12-11-20-15(4)24-16(5)28-20/h9-10,13-14H,7-8,11-12H2,1-6H3,(H2,22,23,25). The topological polar surface area (TPSA) is 67.8 Å². The number of aromatic nitrogens is 1. The van der Waals surface area contributed by atoms with E-state index in [0.717, 1.165) is 46.7 Å². The Hall–Kier alpha value is -2.28. The first-order valence-electron chi connectivity index (χ1n) is 9.78. The zero-order valence-corrected chi connectivity index (χ0v) is 18.6. The molecule has 154 valence electrons. The van der Waals surface area contributed by atoms with Gasteiger partial charge in [-0.1, -0.05) is 6.07 Å². The van der Waals surface area contributed by atoms with Crippen molar-refractivity contribution in [1.29, 1.82) is 0 Å². The summed E-state index contributed by atoms with van der Waals surface area (Å²) in [7, 11) is 1.79. The van der Waals surface area contributed by atoms with Crippen LogP contribution in [-0.2, 0) is 6.42 Å². The summed E-state index contributed by atoms with van der Waals surface area (Å²) in [6, 6.07) is 6.13. The highest BCUT2D eigenvalue weighted by atomic mass is 32.1. The highest BCUT2D eigenvalue weighted by molar-refractivity contribution is 7.11. The van der Waals surface area contributed by atoms with Crippen LogP contribution in [0.3, 0.4) is 0 Å². The Kier molecular flexibility index (Phi) is 8.57. The van der Waals surface area contributed by atoms with Gasteiger partial charge in [0.2, 0.25) is 0 Å². The molecule has 1 heterocycles. The molecule has 1 unspecified atom stereocenters. The van der Waals surface area contributed by atoms with E-state index in [1.165, 1.54) is 4.88 Å². The number of ether oxygens (including phenoxy) is 2. The fraction of sp³-hybridized carbons (Fsp3) is 0.524. The molecule has 0 radical (unpaired) electrons. The SMILES string of the molecule is CCOc1ccc(C(C)NC(=NC)NCCc2sc(C)nc2C)cc1OCC. The van der Waals surface area contributed by atoms with Gasteiger partial charge in [-0.3, -0.25) is 4.99 Å². The number of nitrogens with one attached hydrogen (secondary N) is 2. The minimum Gasteiger partial charge on any atom is -0.490 e. The van der Waals surface area contributed by atoms with E-state index < -0.39 is 0 Å². The van der Waals surface area contributed by atoms with Gasteiger partial charge >= 0.3 is 0 Å². The number of thiazole rings is 1.